The van der Waals surface area contributed by atoms with Gasteiger partial charge >= 0.3 is 5.91 Å². The van der Waals surface area contributed by atoms with Crippen molar-refractivity contribution in [1.82, 2.24) is 4.98 Å². The summed E-state index contributed by atoms with van der Waals surface area (Å²) in [7, 11) is 0. The number of fused-ring (bicyclic) bond motifs is 2. The van der Waals surface area contributed by atoms with Crippen LogP contribution in [0.5, 0.6) is 17.2 Å². The van der Waals surface area contributed by atoms with Crippen molar-refractivity contribution in [2.75, 3.05) is 24.7 Å². The molecule has 9 heteroatoms. The molecular formula is C31H28N2O6S. The van der Waals surface area contributed by atoms with Gasteiger partial charge in [-0.15, -0.1) is 0 Å². The number of benzene rings is 3. The molecule has 3 heterocycles. The van der Waals surface area contributed by atoms with Crippen LogP contribution in [0.25, 0.3) is 16.0 Å². The first-order chi connectivity index (χ1) is 19.4. The summed E-state index contributed by atoms with van der Waals surface area (Å²) in [4.78, 5) is 33.3. The highest BCUT2D eigenvalue weighted by atomic mass is 32.1. The van der Waals surface area contributed by atoms with Crippen LogP contribution in [-0.4, -0.2) is 41.6 Å². The molecule has 1 atom stereocenters. The second-order valence-corrected chi connectivity index (χ2v) is 10.8. The van der Waals surface area contributed by atoms with Crippen LogP contribution in [0.1, 0.15) is 42.5 Å². The monoisotopic (exact) mass is 556 g/mol. The molecule has 0 bridgehead atoms. The summed E-state index contributed by atoms with van der Waals surface area (Å²) in [6.45, 7) is 5.44. The lowest BCUT2D eigenvalue weighted by molar-refractivity contribution is -0.132. The smallest absolute Gasteiger partial charge is 0.301 e. The van der Waals surface area contributed by atoms with Crippen molar-refractivity contribution in [3.63, 3.8) is 0 Å². The Morgan fingerprint density at radius 2 is 1.90 bits per heavy atom. The maximum Gasteiger partial charge on any atom is 0.301 e. The van der Waals surface area contributed by atoms with Gasteiger partial charge in [0.2, 0.25) is 0 Å². The average Bonchev–Trinajstić information content (AvgIpc) is 3.50. The number of aliphatic hydroxyl groups excluding tert-OH is 1. The SMILES string of the molecule is CCCCOc1cccc(C2/C(=C(/O)c3ccc4c(c3)OCCO4)C(=O)C(=O)N2c2nc3ccc(C)cc3s2)c1. The summed E-state index contributed by atoms with van der Waals surface area (Å²) in [5.74, 6) is -0.189. The Morgan fingerprint density at radius 3 is 2.73 bits per heavy atom. The Balaban J connectivity index is 1.50. The van der Waals surface area contributed by atoms with Gasteiger partial charge in [-0.05, 0) is 66.9 Å². The fraction of sp³-hybridized carbons (Fsp3) is 0.258. The highest BCUT2D eigenvalue weighted by Crippen LogP contribution is 2.45. The molecule has 4 aromatic rings. The molecule has 1 unspecified atom stereocenters. The number of anilines is 1. The van der Waals surface area contributed by atoms with Gasteiger partial charge in [0.1, 0.15) is 24.7 Å². The Kier molecular flexibility index (Phi) is 6.89. The maximum absolute atomic E-state index is 13.6. The first-order valence-electron chi connectivity index (χ1n) is 13.3. The molecule has 2 aliphatic rings. The van der Waals surface area contributed by atoms with Gasteiger partial charge in [-0.25, -0.2) is 4.98 Å². The number of unbranched alkanes of at least 4 members (excludes halogenated alkanes) is 1. The fourth-order valence-electron chi connectivity index (χ4n) is 4.92. The highest BCUT2D eigenvalue weighted by molar-refractivity contribution is 7.22. The Labute approximate surface area is 235 Å². The van der Waals surface area contributed by atoms with Gasteiger partial charge in [0.25, 0.3) is 5.78 Å². The van der Waals surface area contributed by atoms with Gasteiger partial charge in [-0.3, -0.25) is 14.5 Å². The number of carbonyl (C=O) groups excluding carboxylic acids is 2. The third-order valence-corrected chi connectivity index (χ3v) is 7.96. The molecule has 3 aromatic carbocycles. The van der Waals surface area contributed by atoms with Crippen LogP contribution >= 0.6 is 11.3 Å². The molecule has 40 heavy (non-hydrogen) atoms. The summed E-state index contributed by atoms with van der Waals surface area (Å²) in [6.07, 6.45) is 1.89. The molecule has 1 fully saturated rings. The van der Waals surface area contributed by atoms with Crippen molar-refractivity contribution < 1.29 is 28.9 Å². The van der Waals surface area contributed by atoms with E-state index in [2.05, 4.69) is 6.92 Å². The zero-order valence-corrected chi connectivity index (χ0v) is 23.0. The lowest BCUT2D eigenvalue weighted by Gasteiger charge is -2.24. The molecule has 0 saturated carbocycles. The van der Waals surface area contributed by atoms with E-state index in [0.29, 0.717) is 53.3 Å². The predicted octanol–water partition coefficient (Wildman–Crippen LogP) is 6.18. The van der Waals surface area contributed by atoms with Crippen molar-refractivity contribution in [1.29, 1.82) is 0 Å². The van der Waals surface area contributed by atoms with E-state index in [-0.39, 0.29) is 11.3 Å². The minimum absolute atomic E-state index is 0.0252. The minimum atomic E-state index is -0.912. The lowest BCUT2D eigenvalue weighted by atomic mass is 9.95. The van der Waals surface area contributed by atoms with Crippen molar-refractivity contribution in [3.05, 3.63) is 82.9 Å². The number of Topliss-reactive ketones (excluding diaryl/α,β-unsaturated/α-hetero) is 1. The summed E-state index contributed by atoms with van der Waals surface area (Å²) in [5, 5.41) is 11.9. The number of aromatic nitrogens is 1. The summed E-state index contributed by atoms with van der Waals surface area (Å²) in [6, 6.07) is 17.2. The van der Waals surface area contributed by atoms with Gasteiger partial charge in [0.15, 0.2) is 16.6 Å². The van der Waals surface area contributed by atoms with E-state index in [1.807, 2.05) is 49.4 Å². The summed E-state index contributed by atoms with van der Waals surface area (Å²) in [5.41, 5.74) is 2.75. The van der Waals surface area contributed by atoms with Crippen LogP contribution < -0.4 is 19.1 Å². The number of hydrogen-bond acceptors (Lipinski definition) is 8. The zero-order valence-electron chi connectivity index (χ0n) is 22.2. The number of nitrogens with zero attached hydrogens (tertiary/aromatic N) is 2. The molecular weight excluding hydrogens is 528 g/mol. The van der Waals surface area contributed by atoms with Crippen LogP contribution in [0.3, 0.4) is 0 Å². The Bertz CT molecular complexity index is 1660. The molecule has 6 rings (SSSR count). The lowest BCUT2D eigenvalue weighted by Crippen LogP contribution is -2.29. The van der Waals surface area contributed by atoms with Gasteiger partial charge in [-0.1, -0.05) is 42.9 Å². The molecule has 1 saturated heterocycles. The Hall–Kier alpha value is -4.37. The number of hydrogen-bond donors (Lipinski definition) is 1. The zero-order chi connectivity index (χ0) is 27.8. The van der Waals surface area contributed by atoms with E-state index in [1.165, 1.54) is 16.2 Å². The van der Waals surface area contributed by atoms with Gasteiger partial charge in [0, 0.05) is 5.56 Å². The van der Waals surface area contributed by atoms with Crippen molar-refractivity contribution in [3.8, 4) is 17.2 Å². The van der Waals surface area contributed by atoms with E-state index >= 15 is 0 Å². The average molecular weight is 557 g/mol. The van der Waals surface area contributed by atoms with Crippen LogP contribution in [0.2, 0.25) is 0 Å². The number of carbonyl (C=O) groups is 2. The van der Waals surface area contributed by atoms with E-state index < -0.39 is 17.7 Å². The van der Waals surface area contributed by atoms with Gasteiger partial charge in [-0.2, -0.15) is 0 Å². The molecule has 8 nitrogen and oxygen atoms in total. The third kappa shape index (κ3) is 4.66. The quantitative estimate of drug-likeness (QED) is 0.126. The second kappa shape index (κ2) is 10.7. The molecule has 204 valence electrons. The Morgan fingerprint density at radius 1 is 1.07 bits per heavy atom. The van der Waals surface area contributed by atoms with Crippen molar-refractivity contribution in [2.24, 2.45) is 0 Å². The highest BCUT2D eigenvalue weighted by Gasteiger charge is 2.48. The molecule has 1 amide bonds. The molecule has 0 radical (unpaired) electrons. The first kappa shape index (κ1) is 25.9. The number of ether oxygens (including phenoxy) is 3. The van der Waals surface area contributed by atoms with Crippen molar-refractivity contribution >= 4 is 44.1 Å². The number of amides is 1. The first-order valence-corrected chi connectivity index (χ1v) is 14.1. The van der Waals surface area contributed by atoms with Gasteiger partial charge in [0.05, 0.1) is 28.4 Å². The standard InChI is InChI=1S/C31H28N2O6S/c1-3-4-12-37-21-7-5-6-19(16-21)27-26(28(34)20-9-11-23-24(17-20)39-14-13-38-23)29(35)30(36)33(27)31-32-22-10-8-18(2)15-25(22)40-31/h5-11,15-17,27,34H,3-4,12-14H2,1-2H3/b28-26-. The topological polar surface area (TPSA) is 98.2 Å². The van der Waals surface area contributed by atoms with Crippen molar-refractivity contribution in [2.45, 2.75) is 32.7 Å². The largest absolute Gasteiger partial charge is 0.507 e. The van der Waals surface area contributed by atoms with Gasteiger partial charge < -0.3 is 19.3 Å². The molecule has 1 aromatic heterocycles. The number of thiazole rings is 1. The molecule has 1 N–H and O–H groups in total. The second-order valence-electron chi connectivity index (χ2n) is 9.77. The van der Waals surface area contributed by atoms with Crippen LogP contribution in [0.4, 0.5) is 5.13 Å². The van der Waals surface area contributed by atoms with E-state index in [4.69, 9.17) is 19.2 Å². The van der Waals surface area contributed by atoms with Crippen LogP contribution in [0.15, 0.2) is 66.2 Å². The number of rotatable bonds is 7. The predicted molar refractivity (Wildman–Crippen MR) is 153 cm³/mol. The normalized spacial score (nSPS) is 17.9. The summed E-state index contributed by atoms with van der Waals surface area (Å²) >= 11 is 1.33. The molecule has 2 aliphatic heterocycles. The maximum atomic E-state index is 13.6. The number of aryl methyl sites for hydroxylation is 1. The number of ketones is 1. The molecule has 0 aliphatic carbocycles. The minimum Gasteiger partial charge on any atom is -0.507 e. The van der Waals surface area contributed by atoms with E-state index in [0.717, 1.165) is 28.6 Å². The molecule has 0 spiro atoms. The van der Waals surface area contributed by atoms with E-state index in [9.17, 15) is 14.7 Å². The number of aliphatic hydroxyl groups is 1. The van der Waals surface area contributed by atoms with Crippen LogP contribution in [0, 0.1) is 6.92 Å². The third-order valence-electron chi connectivity index (χ3n) is 6.94. The van der Waals surface area contributed by atoms with E-state index in [1.54, 1.807) is 18.2 Å². The summed E-state index contributed by atoms with van der Waals surface area (Å²) < 4.78 is 18.1. The fourth-order valence-corrected chi connectivity index (χ4v) is 6.01. The van der Waals surface area contributed by atoms with Crippen LogP contribution in [-0.2, 0) is 9.59 Å².